The van der Waals surface area contributed by atoms with Gasteiger partial charge < -0.3 is 15.6 Å². The number of nitrogens with zero attached hydrogens (tertiary/aromatic N) is 1. The zero-order valence-electron chi connectivity index (χ0n) is 14.2. The zero-order chi connectivity index (χ0) is 17.3. The van der Waals surface area contributed by atoms with Gasteiger partial charge in [-0.2, -0.15) is 0 Å². The van der Waals surface area contributed by atoms with Gasteiger partial charge in [0.2, 0.25) is 0 Å². The molecule has 1 aromatic heterocycles. The van der Waals surface area contributed by atoms with E-state index in [1.165, 1.54) is 0 Å². The normalized spacial score (nSPS) is 20.8. The molecule has 1 aliphatic rings. The van der Waals surface area contributed by atoms with Crippen LogP contribution in [0.5, 0.6) is 0 Å². The number of carbonyl (C=O) groups excluding carboxylic acids is 1. The predicted octanol–water partition coefficient (Wildman–Crippen LogP) is 3.75. The van der Waals surface area contributed by atoms with Gasteiger partial charge in [-0.05, 0) is 63.8 Å². The van der Waals surface area contributed by atoms with E-state index >= 15 is 0 Å². The summed E-state index contributed by atoms with van der Waals surface area (Å²) < 4.78 is 2.07. The van der Waals surface area contributed by atoms with Crippen LogP contribution in [0.3, 0.4) is 0 Å². The summed E-state index contributed by atoms with van der Waals surface area (Å²) in [5.41, 5.74) is 9.58. The van der Waals surface area contributed by atoms with E-state index in [1.807, 2.05) is 44.2 Å². The Morgan fingerprint density at radius 3 is 2.58 bits per heavy atom. The third-order valence-electron chi connectivity index (χ3n) is 4.85. The molecular formula is C19H24ClN3O. The van der Waals surface area contributed by atoms with Gasteiger partial charge in [0.05, 0.1) is 5.56 Å². The predicted molar refractivity (Wildman–Crippen MR) is 98.0 cm³/mol. The summed E-state index contributed by atoms with van der Waals surface area (Å²) in [6, 6.07) is 10.1. The molecule has 0 spiro atoms. The highest BCUT2D eigenvalue weighted by atomic mass is 35.5. The Bertz CT molecular complexity index is 745. The van der Waals surface area contributed by atoms with Gasteiger partial charge in [-0.25, -0.2) is 0 Å². The van der Waals surface area contributed by atoms with E-state index in [-0.39, 0.29) is 18.0 Å². The lowest BCUT2D eigenvalue weighted by Gasteiger charge is -2.26. The van der Waals surface area contributed by atoms with E-state index in [4.69, 9.17) is 17.3 Å². The van der Waals surface area contributed by atoms with E-state index in [0.29, 0.717) is 5.02 Å². The molecule has 24 heavy (non-hydrogen) atoms. The topological polar surface area (TPSA) is 60.1 Å². The molecule has 1 aromatic carbocycles. The average molecular weight is 346 g/mol. The minimum absolute atomic E-state index is 0.00292. The second-order valence-electron chi connectivity index (χ2n) is 6.69. The third-order valence-corrected chi connectivity index (χ3v) is 5.08. The fourth-order valence-corrected chi connectivity index (χ4v) is 3.72. The smallest absolute Gasteiger partial charge is 0.253 e. The van der Waals surface area contributed by atoms with Crippen molar-refractivity contribution in [1.29, 1.82) is 0 Å². The van der Waals surface area contributed by atoms with Gasteiger partial charge in [-0.1, -0.05) is 17.7 Å². The number of hydrogen-bond donors (Lipinski definition) is 2. The van der Waals surface area contributed by atoms with Gasteiger partial charge in [0.15, 0.2) is 0 Å². The molecule has 1 fully saturated rings. The van der Waals surface area contributed by atoms with E-state index in [1.54, 1.807) is 0 Å². The minimum atomic E-state index is -0.00292. The van der Waals surface area contributed by atoms with Crippen LogP contribution in [0.4, 0.5) is 0 Å². The number of amides is 1. The minimum Gasteiger partial charge on any atom is -0.349 e. The second-order valence-corrected chi connectivity index (χ2v) is 7.12. The lowest BCUT2D eigenvalue weighted by atomic mass is 9.91. The van der Waals surface area contributed by atoms with Crippen LogP contribution in [0, 0.1) is 13.8 Å². The molecule has 4 nitrogen and oxygen atoms in total. The first-order chi connectivity index (χ1) is 11.5. The van der Waals surface area contributed by atoms with Crippen molar-refractivity contribution < 1.29 is 4.79 Å². The van der Waals surface area contributed by atoms with Crippen molar-refractivity contribution in [3.8, 4) is 5.69 Å². The molecule has 0 aliphatic heterocycles. The Balaban J connectivity index is 1.82. The Morgan fingerprint density at radius 2 is 1.92 bits per heavy atom. The van der Waals surface area contributed by atoms with Crippen LogP contribution in [-0.2, 0) is 0 Å². The molecule has 0 saturated heterocycles. The molecule has 0 bridgehead atoms. The number of nitrogens with one attached hydrogen (secondary N) is 1. The summed E-state index contributed by atoms with van der Waals surface area (Å²) in [4.78, 5) is 12.7. The fourth-order valence-electron chi connectivity index (χ4n) is 3.53. The third kappa shape index (κ3) is 3.50. The number of halogens is 1. The summed E-state index contributed by atoms with van der Waals surface area (Å²) in [6.07, 6.45) is 3.87. The molecule has 3 rings (SSSR count). The highest BCUT2D eigenvalue weighted by molar-refractivity contribution is 6.30. The summed E-state index contributed by atoms with van der Waals surface area (Å²) in [6.45, 7) is 3.98. The number of benzene rings is 1. The molecule has 1 aliphatic carbocycles. The van der Waals surface area contributed by atoms with E-state index in [9.17, 15) is 4.79 Å². The maximum Gasteiger partial charge on any atom is 0.253 e. The van der Waals surface area contributed by atoms with Crippen molar-refractivity contribution in [2.75, 3.05) is 0 Å². The molecule has 0 atom stereocenters. The Kier molecular flexibility index (Phi) is 4.97. The van der Waals surface area contributed by atoms with Crippen LogP contribution < -0.4 is 11.1 Å². The van der Waals surface area contributed by atoms with E-state index < -0.39 is 0 Å². The monoisotopic (exact) mass is 345 g/mol. The zero-order valence-corrected chi connectivity index (χ0v) is 14.9. The van der Waals surface area contributed by atoms with Gasteiger partial charge in [-0.3, -0.25) is 4.79 Å². The summed E-state index contributed by atoms with van der Waals surface area (Å²) in [7, 11) is 0. The number of rotatable bonds is 3. The molecule has 3 N–H and O–H groups in total. The van der Waals surface area contributed by atoms with Gasteiger partial charge in [0, 0.05) is 34.2 Å². The van der Waals surface area contributed by atoms with Crippen molar-refractivity contribution in [2.45, 2.75) is 51.6 Å². The average Bonchev–Trinajstić information content (AvgIpc) is 2.84. The van der Waals surface area contributed by atoms with Crippen molar-refractivity contribution >= 4 is 17.5 Å². The fraction of sp³-hybridized carbons (Fsp3) is 0.421. The standard InChI is InChI=1S/C19H24ClN3O/c1-12-10-18(19(24)22-16-8-6-15(21)7-9-16)13(2)23(12)17-5-3-4-14(20)11-17/h3-5,10-11,15-16H,6-9,21H2,1-2H3,(H,22,24). The lowest BCUT2D eigenvalue weighted by molar-refractivity contribution is 0.0925. The Morgan fingerprint density at radius 1 is 1.21 bits per heavy atom. The van der Waals surface area contributed by atoms with Crippen molar-refractivity contribution in [1.82, 2.24) is 9.88 Å². The molecule has 1 saturated carbocycles. The van der Waals surface area contributed by atoms with Crippen LogP contribution in [-0.4, -0.2) is 22.6 Å². The molecule has 1 heterocycles. The molecular weight excluding hydrogens is 322 g/mol. The summed E-state index contributed by atoms with van der Waals surface area (Å²) >= 11 is 6.11. The largest absolute Gasteiger partial charge is 0.349 e. The van der Waals surface area contributed by atoms with Gasteiger partial charge in [-0.15, -0.1) is 0 Å². The van der Waals surface area contributed by atoms with Gasteiger partial charge in [0.1, 0.15) is 0 Å². The van der Waals surface area contributed by atoms with Crippen LogP contribution in [0.2, 0.25) is 5.02 Å². The number of nitrogens with two attached hydrogens (primary N) is 1. The molecule has 0 unspecified atom stereocenters. The molecule has 1 amide bonds. The summed E-state index contributed by atoms with van der Waals surface area (Å²) in [5.74, 6) is -0.00292. The molecule has 2 aromatic rings. The van der Waals surface area contributed by atoms with Crippen LogP contribution in [0.1, 0.15) is 47.4 Å². The molecule has 128 valence electrons. The highest BCUT2D eigenvalue weighted by Crippen LogP contribution is 2.24. The number of aromatic nitrogens is 1. The second kappa shape index (κ2) is 6.99. The van der Waals surface area contributed by atoms with E-state index in [0.717, 1.165) is 48.3 Å². The number of carbonyl (C=O) groups is 1. The highest BCUT2D eigenvalue weighted by Gasteiger charge is 2.23. The Hall–Kier alpha value is -1.78. The lowest BCUT2D eigenvalue weighted by Crippen LogP contribution is -2.40. The first-order valence-corrected chi connectivity index (χ1v) is 8.85. The van der Waals surface area contributed by atoms with Crippen molar-refractivity contribution in [3.05, 3.63) is 52.3 Å². The molecule has 5 heteroatoms. The van der Waals surface area contributed by atoms with Crippen molar-refractivity contribution in [2.24, 2.45) is 5.73 Å². The maximum absolute atomic E-state index is 12.7. The van der Waals surface area contributed by atoms with E-state index in [2.05, 4.69) is 9.88 Å². The van der Waals surface area contributed by atoms with Crippen LogP contribution in [0.15, 0.2) is 30.3 Å². The first-order valence-electron chi connectivity index (χ1n) is 8.47. The maximum atomic E-state index is 12.7. The van der Waals surface area contributed by atoms with Gasteiger partial charge >= 0.3 is 0 Å². The van der Waals surface area contributed by atoms with Crippen molar-refractivity contribution in [3.63, 3.8) is 0 Å². The number of aryl methyl sites for hydroxylation is 1. The number of hydrogen-bond acceptors (Lipinski definition) is 2. The first kappa shape index (κ1) is 17.1. The van der Waals surface area contributed by atoms with Crippen LogP contribution >= 0.6 is 11.6 Å². The quantitative estimate of drug-likeness (QED) is 0.890. The SMILES string of the molecule is Cc1cc(C(=O)NC2CCC(N)CC2)c(C)n1-c1cccc(Cl)c1. The summed E-state index contributed by atoms with van der Waals surface area (Å²) in [5, 5.41) is 3.85. The van der Waals surface area contributed by atoms with Gasteiger partial charge in [0.25, 0.3) is 5.91 Å². The Labute approximate surface area is 148 Å². The van der Waals surface area contributed by atoms with Crippen LogP contribution in [0.25, 0.3) is 5.69 Å². The molecule has 0 radical (unpaired) electrons.